The topological polar surface area (TPSA) is 72.2 Å². The van der Waals surface area contributed by atoms with Crippen LogP contribution in [0.15, 0.2) is 29.2 Å². The molecule has 6 heteroatoms. The SMILES string of the molecule is C[C@H](CN)NS(=O)(=O)c1ccc(C2CCCCC2)cc1.Cl. The first kappa shape index (κ1) is 18.4. The molecule has 0 unspecified atom stereocenters. The van der Waals surface area contributed by atoms with Crippen molar-refractivity contribution in [3.05, 3.63) is 29.8 Å². The molecule has 0 saturated heterocycles. The number of sulfonamides is 1. The van der Waals surface area contributed by atoms with Crippen molar-refractivity contribution in [2.45, 2.75) is 55.9 Å². The van der Waals surface area contributed by atoms with Gasteiger partial charge in [0.1, 0.15) is 0 Å². The molecule has 4 nitrogen and oxygen atoms in total. The molecule has 21 heavy (non-hydrogen) atoms. The van der Waals surface area contributed by atoms with Crippen molar-refractivity contribution in [1.29, 1.82) is 0 Å². The molecular weight excluding hydrogens is 308 g/mol. The zero-order chi connectivity index (χ0) is 14.6. The van der Waals surface area contributed by atoms with E-state index in [0.29, 0.717) is 17.4 Å². The van der Waals surface area contributed by atoms with Crippen LogP contribution in [0.3, 0.4) is 0 Å². The molecule has 0 amide bonds. The summed E-state index contributed by atoms with van der Waals surface area (Å²) in [6.45, 7) is 2.05. The van der Waals surface area contributed by atoms with Gasteiger partial charge in [-0.2, -0.15) is 0 Å². The predicted octanol–water partition coefficient (Wildman–Crippen LogP) is 2.78. The van der Waals surface area contributed by atoms with Crippen molar-refractivity contribution in [1.82, 2.24) is 4.72 Å². The fourth-order valence-electron chi connectivity index (χ4n) is 2.74. The molecule has 1 aliphatic carbocycles. The fraction of sp³-hybridized carbons (Fsp3) is 0.600. The lowest BCUT2D eigenvalue weighted by atomic mass is 9.84. The Morgan fingerprint density at radius 3 is 2.29 bits per heavy atom. The lowest BCUT2D eigenvalue weighted by molar-refractivity contribution is 0.443. The summed E-state index contributed by atoms with van der Waals surface area (Å²) in [6.07, 6.45) is 6.31. The average molecular weight is 333 g/mol. The Labute approximate surface area is 134 Å². The monoisotopic (exact) mass is 332 g/mol. The number of halogens is 1. The molecular formula is C15H25ClN2O2S. The van der Waals surface area contributed by atoms with E-state index in [1.54, 1.807) is 19.1 Å². The Morgan fingerprint density at radius 2 is 1.76 bits per heavy atom. The molecule has 1 aromatic carbocycles. The van der Waals surface area contributed by atoms with Crippen molar-refractivity contribution in [2.24, 2.45) is 5.73 Å². The number of nitrogens with two attached hydrogens (primary N) is 1. The second-order valence-corrected chi connectivity index (χ2v) is 7.38. The molecule has 0 bridgehead atoms. The quantitative estimate of drug-likeness (QED) is 0.870. The van der Waals surface area contributed by atoms with Crippen molar-refractivity contribution >= 4 is 22.4 Å². The Morgan fingerprint density at radius 1 is 1.19 bits per heavy atom. The van der Waals surface area contributed by atoms with E-state index in [1.165, 1.54) is 37.7 Å². The van der Waals surface area contributed by atoms with E-state index in [9.17, 15) is 8.42 Å². The molecule has 1 saturated carbocycles. The van der Waals surface area contributed by atoms with E-state index in [1.807, 2.05) is 12.1 Å². The van der Waals surface area contributed by atoms with Crippen molar-refractivity contribution in [3.8, 4) is 0 Å². The number of hydrogen-bond acceptors (Lipinski definition) is 3. The van der Waals surface area contributed by atoms with Crippen LogP contribution in [0.25, 0.3) is 0 Å². The second kappa shape index (κ2) is 8.13. The molecule has 0 radical (unpaired) electrons. The van der Waals surface area contributed by atoms with Gasteiger partial charge in [0.15, 0.2) is 0 Å². The van der Waals surface area contributed by atoms with Crippen LogP contribution >= 0.6 is 12.4 Å². The highest BCUT2D eigenvalue weighted by Crippen LogP contribution is 2.32. The first-order valence-electron chi connectivity index (χ1n) is 7.35. The lowest BCUT2D eigenvalue weighted by Crippen LogP contribution is -2.37. The number of hydrogen-bond donors (Lipinski definition) is 2. The fourth-order valence-corrected chi connectivity index (χ4v) is 3.99. The molecule has 0 spiro atoms. The number of rotatable bonds is 5. The number of nitrogens with one attached hydrogen (secondary N) is 1. The van der Waals surface area contributed by atoms with Crippen LogP contribution in [-0.4, -0.2) is 21.0 Å². The third kappa shape index (κ3) is 4.95. The summed E-state index contributed by atoms with van der Waals surface area (Å²) in [5, 5.41) is 0. The largest absolute Gasteiger partial charge is 0.329 e. The number of benzene rings is 1. The van der Waals surface area contributed by atoms with Gasteiger partial charge in [-0.15, -0.1) is 12.4 Å². The Kier molecular flexibility index (Phi) is 7.13. The molecule has 1 atom stereocenters. The van der Waals surface area contributed by atoms with Crippen LogP contribution in [0, 0.1) is 0 Å². The molecule has 0 heterocycles. The molecule has 0 aromatic heterocycles. The van der Waals surface area contributed by atoms with Crippen molar-refractivity contribution in [3.63, 3.8) is 0 Å². The minimum Gasteiger partial charge on any atom is -0.329 e. The molecule has 1 aromatic rings. The van der Waals surface area contributed by atoms with E-state index >= 15 is 0 Å². The molecule has 2 rings (SSSR count). The second-order valence-electron chi connectivity index (χ2n) is 5.66. The van der Waals surface area contributed by atoms with Gasteiger partial charge in [-0.05, 0) is 43.4 Å². The highest BCUT2D eigenvalue weighted by molar-refractivity contribution is 7.89. The molecule has 120 valence electrons. The average Bonchev–Trinajstić information content (AvgIpc) is 2.48. The van der Waals surface area contributed by atoms with E-state index in [-0.39, 0.29) is 18.4 Å². The minimum absolute atomic E-state index is 0. The third-order valence-corrected chi connectivity index (χ3v) is 5.58. The highest BCUT2D eigenvalue weighted by atomic mass is 35.5. The van der Waals surface area contributed by atoms with Gasteiger partial charge >= 0.3 is 0 Å². The van der Waals surface area contributed by atoms with Gasteiger partial charge in [-0.25, -0.2) is 13.1 Å². The van der Waals surface area contributed by atoms with Gasteiger partial charge in [-0.3, -0.25) is 0 Å². The highest BCUT2D eigenvalue weighted by Gasteiger charge is 2.19. The van der Waals surface area contributed by atoms with Gasteiger partial charge in [0, 0.05) is 12.6 Å². The lowest BCUT2D eigenvalue weighted by Gasteiger charge is -2.22. The van der Waals surface area contributed by atoms with Gasteiger partial charge in [0.2, 0.25) is 10.0 Å². The minimum atomic E-state index is -3.45. The van der Waals surface area contributed by atoms with Crippen LogP contribution in [-0.2, 0) is 10.0 Å². The molecule has 3 N–H and O–H groups in total. The normalized spacial score (nSPS) is 18.0. The van der Waals surface area contributed by atoms with Crippen molar-refractivity contribution in [2.75, 3.05) is 6.54 Å². The first-order valence-corrected chi connectivity index (χ1v) is 8.83. The Bertz CT molecular complexity index is 525. The van der Waals surface area contributed by atoms with Crippen LogP contribution in [0.5, 0.6) is 0 Å². The summed E-state index contributed by atoms with van der Waals surface area (Å²) in [5.41, 5.74) is 6.71. The maximum absolute atomic E-state index is 12.1. The first-order chi connectivity index (χ1) is 9.53. The van der Waals surface area contributed by atoms with E-state index in [0.717, 1.165) is 0 Å². The third-order valence-electron chi connectivity index (χ3n) is 3.98. The van der Waals surface area contributed by atoms with Crippen LogP contribution < -0.4 is 10.5 Å². The van der Waals surface area contributed by atoms with Crippen LogP contribution in [0.1, 0.15) is 50.5 Å². The molecule has 0 aliphatic heterocycles. The zero-order valence-corrected chi connectivity index (χ0v) is 14.1. The zero-order valence-electron chi connectivity index (χ0n) is 12.4. The van der Waals surface area contributed by atoms with Crippen LogP contribution in [0.4, 0.5) is 0 Å². The summed E-state index contributed by atoms with van der Waals surface area (Å²) in [6, 6.07) is 7.07. The van der Waals surface area contributed by atoms with Crippen LogP contribution in [0.2, 0.25) is 0 Å². The predicted molar refractivity (Wildman–Crippen MR) is 88.4 cm³/mol. The summed E-state index contributed by atoms with van der Waals surface area (Å²) in [4.78, 5) is 0.317. The summed E-state index contributed by atoms with van der Waals surface area (Å²) < 4.78 is 26.8. The van der Waals surface area contributed by atoms with E-state index in [4.69, 9.17) is 5.73 Å². The smallest absolute Gasteiger partial charge is 0.240 e. The molecule has 1 aliphatic rings. The van der Waals surface area contributed by atoms with Gasteiger partial charge in [0.05, 0.1) is 4.90 Å². The maximum Gasteiger partial charge on any atom is 0.240 e. The molecule has 1 fully saturated rings. The van der Waals surface area contributed by atoms with E-state index < -0.39 is 10.0 Å². The maximum atomic E-state index is 12.1. The van der Waals surface area contributed by atoms with Gasteiger partial charge in [0.25, 0.3) is 0 Å². The van der Waals surface area contributed by atoms with Gasteiger partial charge < -0.3 is 5.73 Å². The van der Waals surface area contributed by atoms with E-state index in [2.05, 4.69) is 4.72 Å². The van der Waals surface area contributed by atoms with Gasteiger partial charge in [-0.1, -0.05) is 31.4 Å². The van der Waals surface area contributed by atoms with Crippen molar-refractivity contribution < 1.29 is 8.42 Å². The summed E-state index contributed by atoms with van der Waals surface area (Å²) in [5.74, 6) is 0.594. The standard InChI is InChI=1S/C15H24N2O2S.ClH/c1-12(11-16)17-20(18,19)15-9-7-14(8-10-15)13-5-3-2-4-6-13;/h7-10,12-13,17H,2-6,11,16H2,1H3;1H/t12-;/m1./s1. The Hall–Kier alpha value is -0.620. The Balaban J connectivity index is 0.00000220. The summed E-state index contributed by atoms with van der Waals surface area (Å²) >= 11 is 0. The summed E-state index contributed by atoms with van der Waals surface area (Å²) in [7, 11) is -3.45.